The van der Waals surface area contributed by atoms with Gasteiger partial charge in [-0.2, -0.15) is 0 Å². The van der Waals surface area contributed by atoms with Gasteiger partial charge >= 0.3 is 5.97 Å². The van der Waals surface area contributed by atoms with E-state index in [9.17, 15) is 9.59 Å². The normalized spacial score (nSPS) is 14.9. The van der Waals surface area contributed by atoms with Crippen LogP contribution in [0.15, 0.2) is 59.4 Å². The summed E-state index contributed by atoms with van der Waals surface area (Å²) in [5.74, 6) is -0.949. The number of nitrogens with zero attached hydrogens (tertiary/aromatic N) is 2. The highest BCUT2D eigenvalue weighted by Gasteiger charge is 2.38. The Balaban J connectivity index is 1.92. The number of ketones is 1. The molecule has 1 aliphatic heterocycles. The number of hydrogen-bond acceptors (Lipinski definition) is 4. The van der Waals surface area contributed by atoms with Crippen molar-refractivity contribution in [1.29, 1.82) is 0 Å². The zero-order chi connectivity index (χ0) is 25.6. The summed E-state index contributed by atoms with van der Waals surface area (Å²) in [4.78, 5) is 28.0. The Morgan fingerprint density at radius 1 is 0.857 bits per heavy atom. The van der Waals surface area contributed by atoms with Crippen molar-refractivity contribution in [1.82, 2.24) is 4.57 Å². The van der Waals surface area contributed by atoms with Crippen molar-refractivity contribution >= 4 is 23.5 Å². The third kappa shape index (κ3) is 4.01. The summed E-state index contributed by atoms with van der Waals surface area (Å²) in [5, 5.41) is 0. The van der Waals surface area contributed by atoms with Gasteiger partial charge in [-0.05, 0) is 101 Å². The lowest BCUT2D eigenvalue weighted by molar-refractivity contribution is -0.137. The number of hydrogen-bond donors (Lipinski definition) is 0. The molecule has 3 aromatic rings. The number of carbonyl (C=O) groups excluding carboxylic acids is 2. The zero-order valence-electron chi connectivity index (χ0n) is 21.7. The highest BCUT2D eigenvalue weighted by Crippen LogP contribution is 2.37. The molecule has 0 saturated carbocycles. The van der Waals surface area contributed by atoms with Gasteiger partial charge in [-0.25, -0.2) is 4.79 Å². The van der Waals surface area contributed by atoms with Gasteiger partial charge in [-0.1, -0.05) is 24.3 Å². The second kappa shape index (κ2) is 9.06. The fraction of sp³-hybridized carbons (Fsp3) is 0.267. The van der Waals surface area contributed by atoms with Gasteiger partial charge in [-0.3, -0.25) is 4.79 Å². The Morgan fingerprint density at radius 2 is 1.51 bits per heavy atom. The molecule has 0 saturated heterocycles. The number of allylic oxidation sites excluding steroid dienone is 2. The predicted molar refractivity (Wildman–Crippen MR) is 141 cm³/mol. The average Bonchev–Trinajstić information content (AvgIpc) is 3.22. The van der Waals surface area contributed by atoms with Crippen molar-refractivity contribution in [2.45, 2.75) is 48.5 Å². The molecular formula is C30H32N2O3. The molecule has 0 atom stereocenters. The summed E-state index contributed by atoms with van der Waals surface area (Å²) < 4.78 is 7.19. The van der Waals surface area contributed by atoms with E-state index in [4.69, 9.17) is 4.74 Å². The number of aryl methyl sites for hydroxylation is 5. The van der Waals surface area contributed by atoms with E-state index in [0.717, 1.165) is 39.5 Å². The van der Waals surface area contributed by atoms with Crippen molar-refractivity contribution in [3.8, 4) is 5.69 Å². The van der Waals surface area contributed by atoms with E-state index in [0.29, 0.717) is 11.4 Å². The second-order valence-corrected chi connectivity index (χ2v) is 9.32. The van der Waals surface area contributed by atoms with E-state index < -0.39 is 5.97 Å². The van der Waals surface area contributed by atoms with Gasteiger partial charge in [-0.15, -0.1) is 0 Å². The van der Waals surface area contributed by atoms with Crippen LogP contribution in [0.3, 0.4) is 0 Å². The molecule has 0 bridgehead atoms. The molecule has 0 unspecified atom stereocenters. The van der Waals surface area contributed by atoms with Gasteiger partial charge in [0.15, 0.2) is 0 Å². The fourth-order valence-corrected chi connectivity index (χ4v) is 4.94. The van der Waals surface area contributed by atoms with Crippen LogP contribution >= 0.6 is 0 Å². The first-order valence-electron chi connectivity index (χ1n) is 11.7. The summed E-state index contributed by atoms with van der Waals surface area (Å²) in [6, 6.07) is 14.4. The quantitative estimate of drug-likeness (QED) is 0.260. The maximum absolute atomic E-state index is 13.6. The molecular weight excluding hydrogens is 436 g/mol. The van der Waals surface area contributed by atoms with Crippen LogP contribution in [0.2, 0.25) is 0 Å². The third-order valence-electron chi connectivity index (χ3n) is 6.96. The lowest BCUT2D eigenvalue weighted by Gasteiger charge is -2.22. The number of esters is 1. The fourth-order valence-electron chi connectivity index (χ4n) is 4.94. The molecule has 4 rings (SSSR count). The number of Topliss-reactive ketones (excluding diaryl/α,β-unsaturated/α-hetero) is 1. The first kappa shape index (κ1) is 24.3. The van der Waals surface area contributed by atoms with Crippen molar-refractivity contribution in [2.24, 2.45) is 0 Å². The van der Waals surface area contributed by atoms with E-state index in [-0.39, 0.29) is 11.4 Å². The van der Waals surface area contributed by atoms with Gasteiger partial charge < -0.3 is 14.2 Å². The first-order valence-corrected chi connectivity index (χ1v) is 11.7. The Labute approximate surface area is 207 Å². The molecule has 0 spiro atoms. The number of benzene rings is 2. The molecule has 0 N–H and O–H groups in total. The number of methoxy groups -OCH3 is 1. The zero-order valence-corrected chi connectivity index (χ0v) is 21.7. The minimum Gasteiger partial charge on any atom is -0.465 e. The van der Waals surface area contributed by atoms with Crippen LogP contribution in [-0.2, 0) is 14.3 Å². The maximum Gasteiger partial charge on any atom is 0.343 e. The maximum atomic E-state index is 13.6. The van der Waals surface area contributed by atoms with Gasteiger partial charge in [0.05, 0.1) is 18.5 Å². The molecule has 0 fully saturated rings. The summed E-state index contributed by atoms with van der Waals surface area (Å²) in [7, 11) is 1.30. The largest absolute Gasteiger partial charge is 0.465 e. The Morgan fingerprint density at radius 3 is 2.11 bits per heavy atom. The number of anilines is 1. The summed E-state index contributed by atoms with van der Waals surface area (Å²) >= 11 is 0. The van der Waals surface area contributed by atoms with Crippen LogP contribution in [0.4, 0.5) is 5.69 Å². The highest BCUT2D eigenvalue weighted by molar-refractivity contribution is 6.30. The first-order chi connectivity index (χ1) is 16.6. The van der Waals surface area contributed by atoms with Crippen molar-refractivity contribution < 1.29 is 14.3 Å². The van der Waals surface area contributed by atoms with Gasteiger partial charge in [0.25, 0.3) is 0 Å². The standard InChI is InChI=1S/C30H32N2O3/c1-17-12-13-25(14-20(17)4)32-23(7)27(30(34)35-8)29(33)26(32)16-24-15-21(5)31(22(24)6)28-18(2)10-9-11-19(28)3/h9-16H,1-8H3/b26-16+. The molecule has 35 heavy (non-hydrogen) atoms. The van der Waals surface area contributed by atoms with Gasteiger partial charge in [0, 0.05) is 22.8 Å². The predicted octanol–water partition coefficient (Wildman–Crippen LogP) is 6.21. The molecule has 0 aliphatic carbocycles. The molecule has 2 heterocycles. The van der Waals surface area contributed by atoms with Crippen LogP contribution in [0.25, 0.3) is 11.8 Å². The third-order valence-corrected chi connectivity index (χ3v) is 6.96. The minimum absolute atomic E-state index is 0.0699. The number of ether oxygens (including phenoxy) is 1. The highest BCUT2D eigenvalue weighted by atomic mass is 16.5. The smallest absolute Gasteiger partial charge is 0.343 e. The van der Waals surface area contributed by atoms with Gasteiger partial charge in [0.2, 0.25) is 5.78 Å². The minimum atomic E-state index is -0.620. The van der Waals surface area contributed by atoms with Crippen LogP contribution in [-0.4, -0.2) is 23.4 Å². The topological polar surface area (TPSA) is 51.5 Å². The van der Waals surface area contributed by atoms with E-state index in [2.05, 4.69) is 63.5 Å². The molecule has 2 aromatic carbocycles. The summed E-state index contributed by atoms with van der Waals surface area (Å²) in [6.07, 6.45) is 1.89. The number of rotatable bonds is 4. The molecule has 1 aliphatic rings. The molecule has 0 radical (unpaired) electrons. The molecule has 0 amide bonds. The summed E-state index contributed by atoms with van der Waals surface area (Å²) in [6.45, 7) is 14.2. The molecule has 180 valence electrons. The molecule has 1 aromatic heterocycles. The molecule has 5 heteroatoms. The van der Waals surface area contributed by atoms with Crippen LogP contribution in [0.5, 0.6) is 0 Å². The Hall–Kier alpha value is -3.86. The number of para-hydroxylation sites is 1. The van der Waals surface area contributed by atoms with E-state index in [1.807, 2.05) is 36.1 Å². The lowest BCUT2D eigenvalue weighted by atomic mass is 10.1. The molecule has 5 nitrogen and oxygen atoms in total. The number of aromatic nitrogens is 1. The second-order valence-electron chi connectivity index (χ2n) is 9.32. The van der Waals surface area contributed by atoms with Crippen molar-refractivity contribution in [2.75, 3.05) is 12.0 Å². The Kier molecular flexibility index (Phi) is 6.28. The van der Waals surface area contributed by atoms with Crippen molar-refractivity contribution in [3.63, 3.8) is 0 Å². The van der Waals surface area contributed by atoms with Crippen LogP contribution in [0.1, 0.15) is 46.1 Å². The van der Waals surface area contributed by atoms with E-state index in [1.54, 1.807) is 6.92 Å². The van der Waals surface area contributed by atoms with E-state index in [1.165, 1.54) is 18.2 Å². The summed E-state index contributed by atoms with van der Waals surface area (Å²) in [5.41, 5.74) is 10.8. The lowest BCUT2D eigenvalue weighted by Crippen LogP contribution is -2.18. The monoisotopic (exact) mass is 468 g/mol. The Bertz CT molecular complexity index is 1420. The van der Waals surface area contributed by atoms with Crippen LogP contribution in [0, 0.1) is 41.5 Å². The van der Waals surface area contributed by atoms with Crippen molar-refractivity contribution in [3.05, 3.63) is 98.6 Å². The SMILES string of the molecule is COC(=O)C1=C(C)N(c2ccc(C)c(C)c2)/C(=C/c2cc(C)n(-c3c(C)cccc3C)c2C)C1=O. The number of carbonyl (C=O) groups is 2. The van der Waals surface area contributed by atoms with E-state index >= 15 is 0 Å². The van der Waals surface area contributed by atoms with Gasteiger partial charge in [0.1, 0.15) is 5.57 Å². The van der Waals surface area contributed by atoms with Crippen LogP contribution < -0.4 is 4.90 Å². The average molecular weight is 469 g/mol.